The smallest absolute Gasteiger partial charge is 0.244 e. The Bertz CT molecular complexity index is 479. The number of nitrogens with zero attached hydrogens (tertiary/aromatic N) is 2. The van der Waals surface area contributed by atoms with E-state index in [1.54, 1.807) is 11.8 Å². The minimum absolute atomic E-state index is 0.0231. The van der Waals surface area contributed by atoms with Crippen LogP contribution in [-0.4, -0.2) is 34.9 Å². The minimum atomic E-state index is -0.452. The monoisotopic (exact) mass is 319 g/mol. The van der Waals surface area contributed by atoms with Gasteiger partial charge in [-0.2, -0.15) is 0 Å². The number of hydrogen-bond donors (Lipinski definition) is 3. The second kappa shape index (κ2) is 7.52. The van der Waals surface area contributed by atoms with Gasteiger partial charge in [0.05, 0.1) is 10.0 Å². The van der Waals surface area contributed by atoms with Gasteiger partial charge in [0, 0.05) is 13.1 Å². The Labute approximate surface area is 128 Å². The van der Waals surface area contributed by atoms with Crippen molar-refractivity contribution in [3.05, 3.63) is 16.1 Å². The molecule has 20 heavy (non-hydrogen) atoms. The van der Waals surface area contributed by atoms with E-state index >= 15 is 0 Å². The van der Waals surface area contributed by atoms with Crippen molar-refractivity contribution in [1.29, 1.82) is 0 Å². The molecule has 1 heterocycles. The van der Waals surface area contributed by atoms with Gasteiger partial charge in [-0.05, 0) is 26.8 Å². The van der Waals surface area contributed by atoms with Crippen LogP contribution in [0.2, 0.25) is 10.0 Å². The van der Waals surface area contributed by atoms with Gasteiger partial charge < -0.3 is 15.6 Å². The van der Waals surface area contributed by atoms with E-state index in [-0.39, 0.29) is 5.91 Å². The summed E-state index contributed by atoms with van der Waals surface area (Å²) in [6.07, 6.45) is 0. The van der Waals surface area contributed by atoms with E-state index < -0.39 is 6.04 Å². The molecular formula is C12H19Cl2N5O. The van der Waals surface area contributed by atoms with E-state index in [0.29, 0.717) is 34.8 Å². The Kier molecular flexibility index (Phi) is 6.32. The molecule has 1 aromatic heterocycles. The highest BCUT2D eigenvalue weighted by Crippen LogP contribution is 2.29. The number of hydrazine groups is 1. The molecule has 0 bridgehead atoms. The summed E-state index contributed by atoms with van der Waals surface area (Å²) in [5.74, 6) is 5.94. The highest BCUT2D eigenvalue weighted by Gasteiger charge is 2.20. The Morgan fingerprint density at radius 2 is 1.90 bits per heavy atom. The summed E-state index contributed by atoms with van der Waals surface area (Å²) < 4.78 is 0. The maximum Gasteiger partial charge on any atom is 0.244 e. The highest BCUT2D eigenvalue weighted by atomic mass is 35.5. The summed E-state index contributed by atoms with van der Waals surface area (Å²) >= 11 is 12.0. The Hall–Kier alpha value is -1.24. The number of rotatable bonds is 6. The molecule has 1 rings (SSSR count). The number of aromatic nitrogens is 1. The van der Waals surface area contributed by atoms with E-state index in [1.807, 2.05) is 13.8 Å². The molecule has 0 radical (unpaired) electrons. The zero-order chi connectivity index (χ0) is 15.3. The van der Waals surface area contributed by atoms with Gasteiger partial charge >= 0.3 is 0 Å². The van der Waals surface area contributed by atoms with Gasteiger partial charge in [0.15, 0.2) is 5.82 Å². The minimum Gasteiger partial charge on any atom is -0.357 e. The highest BCUT2D eigenvalue weighted by molar-refractivity contribution is 6.37. The SMILES string of the molecule is CCN(CC)C(=O)C(C)Nc1nc(NN)c(Cl)cc1Cl. The van der Waals surface area contributed by atoms with Crippen molar-refractivity contribution in [3.63, 3.8) is 0 Å². The molecule has 1 unspecified atom stereocenters. The third kappa shape index (κ3) is 3.88. The first-order valence-electron chi connectivity index (χ1n) is 6.32. The maximum atomic E-state index is 12.2. The number of anilines is 2. The average Bonchev–Trinajstić information content (AvgIpc) is 2.42. The van der Waals surface area contributed by atoms with Gasteiger partial charge in [0.2, 0.25) is 5.91 Å². The molecule has 0 aromatic carbocycles. The van der Waals surface area contributed by atoms with Gasteiger partial charge in [-0.3, -0.25) is 4.79 Å². The van der Waals surface area contributed by atoms with Crippen molar-refractivity contribution in [2.45, 2.75) is 26.8 Å². The number of amides is 1. The number of carbonyl (C=O) groups excluding carboxylic acids is 1. The third-order valence-electron chi connectivity index (χ3n) is 2.86. The van der Waals surface area contributed by atoms with E-state index in [9.17, 15) is 4.79 Å². The molecule has 0 aliphatic carbocycles. The molecular weight excluding hydrogens is 301 g/mol. The molecule has 0 spiro atoms. The molecule has 112 valence electrons. The van der Waals surface area contributed by atoms with Crippen LogP contribution in [0.15, 0.2) is 6.07 Å². The average molecular weight is 320 g/mol. The summed E-state index contributed by atoms with van der Waals surface area (Å²) in [5.41, 5.74) is 2.37. The fourth-order valence-corrected chi connectivity index (χ4v) is 2.21. The van der Waals surface area contributed by atoms with E-state index in [4.69, 9.17) is 29.0 Å². The number of nitrogens with one attached hydrogen (secondary N) is 2. The van der Waals surface area contributed by atoms with Gasteiger partial charge in [0.25, 0.3) is 0 Å². The standard InChI is InChI=1S/C12H19Cl2N5O/c1-4-19(5-2)12(20)7(3)16-10-8(13)6-9(14)11(17-10)18-15/h6-7H,4-5,15H2,1-3H3,(H2,16,17,18). The van der Waals surface area contributed by atoms with Crippen LogP contribution in [0.1, 0.15) is 20.8 Å². The fourth-order valence-electron chi connectivity index (χ4n) is 1.74. The first-order chi connectivity index (χ1) is 9.44. The Morgan fingerprint density at radius 3 is 2.40 bits per heavy atom. The zero-order valence-corrected chi connectivity index (χ0v) is 13.2. The Morgan fingerprint density at radius 1 is 1.35 bits per heavy atom. The second-order valence-electron chi connectivity index (χ2n) is 4.17. The van der Waals surface area contributed by atoms with Crippen molar-refractivity contribution < 1.29 is 4.79 Å². The molecule has 0 saturated carbocycles. The number of nitrogen functional groups attached to an aromatic ring is 1. The molecule has 1 amide bonds. The summed E-state index contributed by atoms with van der Waals surface area (Å²) in [4.78, 5) is 18.0. The van der Waals surface area contributed by atoms with Crippen molar-refractivity contribution in [1.82, 2.24) is 9.88 Å². The van der Waals surface area contributed by atoms with Crippen LogP contribution in [0.4, 0.5) is 11.6 Å². The van der Waals surface area contributed by atoms with Gasteiger partial charge in [-0.15, -0.1) is 0 Å². The number of likely N-dealkylation sites (N-methyl/N-ethyl adjacent to an activating group) is 1. The first-order valence-corrected chi connectivity index (χ1v) is 7.08. The van der Waals surface area contributed by atoms with Crippen molar-refractivity contribution >= 4 is 40.7 Å². The van der Waals surface area contributed by atoms with Crippen LogP contribution in [0.5, 0.6) is 0 Å². The number of nitrogens with two attached hydrogens (primary N) is 1. The summed E-state index contributed by atoms with van der Waals surface area (Å²) in [6, 6.07) is 1.06. The molecule has 6 nitrogen and oxygen atoms in total. The number of carbonyl (C=O) groups is 1. The molecule has 4 N–H and O–H groups in total. The molecule has 1 aromatic rings. The van der Waals surface area contributed by atoms with E-state index in [2.05, 4.69) is 15.7 Å². The number of hydrogen-bond acceptors (Lipinski definition) is 5. The lowest BCUT2D eigenvalue weighted by Crippen LogP contribution is -2.41. The van der Waals surface area contributed by atoms with Gasteiger partial charge in [-0.25, -0.2) is 10.8 Å². The molecule has 1 atom stereocenters. The van der Waals surface area contributed by atoms with Crippen LogP contribution in [0, 0.1) is 0 Å². The largest absolute Gasteiger partial charge is 0.357 e. The molecule has 0 fully saturated rings. The lowest BCUT2D eigenvalue weighted by molar-refractivity contribution is -0.131. The maximum absolute atomic E-state index is 12.2. The van der Waals surface area contributed by atoms with Crippen molar-refractivity contribution in [3.8, 4) is 0 Å². The third-order valence-corrected chi connectivity index (χ3v) is 3.44. The fraction of sp³-hybridized carbons (Fsp3) is 0.500. The quantitative estimate of drug-likeness (QED) is 0.553. The van der Waals surface area contributed by atoms with Crippen molar-refractivity contribution in [2.24, 2.45) is 5.84 Å². The normalized spacial score (nSPS) is 11.9. The summed E-state index contributed by atoms with van der Waals surface area (Å²) in [6.45, 7) is 6.91. The molecule has 0 aliphatic heterocycles. The van der Waals surface area contributed by atoms with Crippen LogP contribution in [0.25, 0.3) is 0 Å². The Balaban J connectivity index is 2.90. The van der Waals surface area contributed by atoms with Gasteiger partial charge in [0.1, 0.15) is 11.9 Å². The zero-order valence-electron chi connectivity index (χ0n) is 11.7. The van der Waals surface area contributed by atoms with Gasteiger partial charge in [-0.1, -0.05) is 23.2 Å². The van der Waals surface area contributed by atoms with Crippen molar-refractivity contribution in [2.75, 3.05) is 23.8 Å². The van der Waals surface area contributed by atoms with Crippen LogP contribution < -0.4 is 16.6 Å². The second-order valence-corrected chi connectivity index (χ2v) is 4.98. The first kappa shape index (κ1) is 16.8. The van der Waals surface area contributed by atoms with E-state index in [1.165, 1.54) is 6.07 Å². The topological polar surface area (TPSA) is 83.3 Å². The lowest BCUT2D eigenvalue weighted by Gasteiger charge is -2.24. The number of pyridine rings is 1. The predicted molar refractivity (Wildman–Crippen MR) is 83.1 cm³/mol. The summed E-state index contributed by atoms with van der Waals surface area (Å²) in [7, 11) is 0. The van der Waals surface area contributed by atoms with Crippen LogP contribution in [0.3, 0.4) is 0 Å². The molecule has 0 saturated heterocycles. The van der Waals surface area contributed by atoms with Crippen LogP contribution >= 0.6 is 23.2 Å². The van der Waals surface area contributed by atoms with Crippen LogP contribution in [-0.2, 0) is 4.79 Å². The summed E-state index contributed by atoms with van der Waals surface area (Å²) in [5, 5.41) is 3.61. The lowest BCUT2D eigenvalue weighted by atomic mass is 10.2. The molecule has 8 heteroatoms. The molecule has 0 aliphatic rings. The predicted octanol–water partition coefficient (Wildman–Crippen LogP) is 2.34. The number of halogens is 2. The van der Waals surface area contributed by atoms with E-state index in [0.717, 1.165) is 0 Å².